The molecule has 1 aliphatic heterocycles. The van der Waals surface area contributed by atoms with Gasteiger partial charge >= 0.3 is 0 Å². The Morgan fingerprint density at radius 3 is 2.58 bits per heavy atom. The zero-order chi connectivity index (χ0) is 13.4. The molecule has 1 aromatic heterocycles. The fourth-order valence-electron chi connectivity index (χ4n) is 2.99. The lowest BCUT2D eigenvalue weighted by molar-refractivity contribution is 0.589. The Morgan fingerprint density at radius 2 is 1.89 bits per heavy atom. The molecule has 1 fully saturated rings. The van der Waals surface area contributed by atoms with Crippen molar-refractivity contribution in [1.82, 2.24) is 10.3 Å². The highest BCUT2D eigenvalue weighted by atomic mass is 15.2. The molecule has 2 heterocycles. The quantitative estimate of drug-likeness (QED) is 0.866. The molecule has 2 N–H and O–H groups in total. The molecule has 19 heavy (non-hydrogen) atoms. The van der Waals surface area contributed by atoms with Crippen molar-refractivity contribution < 1.29 is 0 Å². The van der Waals surface area contributed by atoms with Crippen LogP contribution in [0, 0.1) is 6.92 Å². The number of anilines is 1. The van der Waals surface area contributed by atoms with Gasteiger partial charge in [-0.25, -0.2) is 0 Å². The van der Waals surface area contributed by atoms with Crippen LogP contribution in [0.15, 0.2) is 18.2 Å². The topological polar surface area (TPSA) is 31.1 Å². The molecule has 0 bridgehead atoms. The summed E-state index contributed by atoms with van der Waals surface area (Å²) in [5.41, 5.74) is 5.37. The summed E-state index contributed by atoms with van der Waals surface area (Å²) in [6, 6.07) is 6.83. The zero-order valence-electron chi connectivity index (χ0n) is 12.1. The summed E-state index contributed by atoms with van der Waals surface area (Å²) in [7, 11) is 0. The van der Waals surface area contributed by atoms with Gasteiger partial charge in [0.2, 0.25) is 0 Å². The molecule has 0 aliphatic carbocycles. The van der Waals surface area contributed by atoms with Crippen molar-refractivity contribution >= 4 is 16.6 Å². The minimum Gasteiger partial charge on any atom is -0.367 e. The zero-order valence-corrected chi connectivity index (χ0v) is 12.1. The monoisotopic (exact) mass is 257 g/mol. The first-order valence-electron chi connectivity index (χ1n) is 7.24. The van der Waals surface area contributed by atoms with E-state index in [2.05, 4.69) is 54.2 Å². The Bertz CT molecular complexity index is 577. The van der Waals surface area contributed by atoms with E-state index >= 15 is 0 Å². The number of aryl methyl sites for hydroxylation is 1. The van der Waals surface area contributed by atoms with E-state index in [-0.39, 0.29) is 0 Å². The summed E-state index contributed by atoms with van der Waals surface area (Å²) < 4.78 is 0. The molecule has 3 nitrogen and oxygen atoms in total. The van der Waals surface area contributed by atoms with E-state index in [1.54, 1.807) is 0 Å². The maximum Gasteiger partial charge on any atom is 0.0655 e. The lowest BCUT2D eigenvalue weighted by atomic mass is 10.0. The average Bonchev–Trinajstić information content (AvgIpc) is 2.74. The lowest BCUT2D eigenvalue weighted by Gasteiger charge is -2.29. The summed E-state index contributed by atoms with van der Waals surface area (Å²) in [4.78, 5) is 6.04. The van der Waals surface area contributed by atoms with Crippen LogP contribution in [0.25, 0.3) is 10.9 Å². The number of rotatable bonds is 2. The molecule has 0 spiro atoms. The number of hydrogen-bond donors (Lipinski definition) is 2. The van der Waals surface area contributed by atoms with Crippen LogP contribution < -0.4 is 10.2 Å². The molecule has 1 aromatic carbocycles. The first-order valence-corrected chi connectivity index (χ1v) is 7.24. The third kappa shape index (κ3) is 2.23. The Morgan fingerprint density at radius 1 is 1.16 bits per heavy atom. The summed E-state index contributed by atoms with van der Waals surface area (Å²) in [6.07, 6.45) is 0. The fourth-order valence-corrected chi connectivity index (χ4v) is 2.99. The Balaban J connectivity index is 2.10. The van der Waals surface area contributed by atoms with Gasteiger partial charge in [0.05, 0.1) is 5.69 Å². The first kappa shape index (κ1) is 12.5. The normalized spacial score (nSPS) is 16.5. The predicted molar refractivity (Wildman–Crippen MR) is 82.2 cm³/mol. The molecule has 0 radical (unpaired) electrons. The van der Waals surface area contributed by atoms with Gasteiger partial charge in [0, 0.05) is 42.8 Å². The maximum absolute atomic E-state index is 3.53. The van der Waals surface area contributed by atoms with Crippen molar-refractivity contribution in [2.24, 2.45) is 0 Å². The molecule has 0 unspecified atom stereocenters. The molecule has 0 saturated carbocycles. The smallest absolute Gasteiger partial charge is 0.0655 e. The maximum atomic E-state index is 3.53. The molecule has 3 heteroatoms. The largest absolute Gasteiger partial charge is 0.367 e. The lowest BCUT2D eigenvalue weighted by Crippen LogP contribution is -2.43. The fraction of sp³-hybridized carbons (Fsp3) is 0.500. The van der Waals surface area contributed by atoms with Gasteiger partial charge in [0.25, 0.3) is 0 Å². The Hall–Kier alpha value is -1.48. The number of hydrogen-bond acceptors (Lipinski definition) is 2. The first-order chi connectivity index (χ1) is 9.16. The van der Waals surface area contributed by atoms with E-state index in [1.165, 1.54) is 27.8 Å². The van der Waals surface area contributed by atoms with Gasteiger partial charge < -0.3 is 15.2 Å². The number of piperazine rings is 1. The minimum absolute atomic E-state index is 0.579. The molecule has 0 atom stereocenters. The Labute approximate surface area is 115 Å². The summed E-state index contributed by atoms with van der Waals surface area (Å²) in [5, 5.41) is 4.80. The van der Waals surface area contributed by atoms with E-state index in [4.69, 9.17) is 0 Å². The van der Waals surface area contributed by atoms with Crippen LogP contribution in [0.3, 0.4) is 0 Å². The predicted octanol–water partition coefficient (Wildman–Crippen LogP) is 3.01. The molecular formula is C16H23N3. The molecular weight excluding hydrogens is 234 g/mol. The van der Waals surface area contributed by atoms with E-state index < -0.39 is 0 Å². The van der Waals surface area contributed by atoms with E-state index in [1.807, 2.05) is 0 Å². The second-order valence-electron chi connectivity index (χ2n) is 5.80. The average molecular weight is 257 g/mol. The molecule has 0 amide bonds. The van der Waals surface area contributed by atoms with Crippen molar-refractivity contribution in [3.05, 3.63) is 29.5 Å². The molecule has 1 aliphatic rings. The van der Waals surface area contributed by atoms with Gasteiger partial charge in [0.15, 0.2) is 0 Å². The van der Waals surface area contributed by atoms with Crippen LogP contribution in [0.4, 0.5) is 5.69 Å². The molecule has 2 aromatic rings. The van der Waals surface area contributed by atoms with Crippen LogP contribution in [-0.4, -0.2) is 31.2 Å². The van der Waals surface area contributed by atoms with Gasteiger partial charge in [-0.05, 0) is 30.5 Å². The second-order valence-corrected chi connectivity index (χ2v) is 5.80. The minimum atomic E-state index is 0.579. The van der Waals surface area contributed by atoms with Crippen LogP contribution in [0.2, 0.25) is 0 Å². The number of H-pyrrole nitrogens is 1. The van der Waals surface area contributed by atoms with Crippen molar-refractivity contribution in [3.8, 4) is 0 Å². The second kappa shape index (κ2) is 4.89. The molecule has 1 saturated heterocycles. The SMILES string of the molecule is Cc1[nH]c2ccc(C(C)C)cc2c1N1CCNCC1. The van der Waals surface area contributed by atoms with Crippen molar-refractivity contribution in [2.45, 2.75) is 26.7 Å². The number of aromatic amines is 1. The summed E-state index contributed by atoms with van der Waals surface area (Å²) >= 11 is 0. The van der Waals surface area contributed by atoms with Crippen molar-refractivity contribution in [2.75, 3.05) is 31.1 Å². The van der Waals surface area contributed by atoms with Crippen LogP contribution >= 0.6 is 0 Å². The van der Waals surface area contributed by atoms with Gasteiger partial charge in [-0.15, -0.1) is 0 Å². The number of fused-ring (bicyclic) bond motifs is 1. The number of nitrogens with one attached hydrogen (secondary N) is 2. The van der Waals surface area contributed by atoms with Crippen LogP contribution in [0.1, 0.15) is 31.0 Å². The van der Waals surface area contributed by atoms with Gasteiger partial charge in [-0.1, -0.05) is 19.9 Å². The number of aromatic nitrogens is 1. The molecule has 102 valence electrons. The summed E-state index contributed by atoms with van der Waals surface area (Å²) in [5.74, 6) is 0.579. The molecule has 3 rings (SSSR count). The highest BCUT2D eigenvalue weighted by Crippen LogP contribution is 2.33. The van der Waals surface area contributed by atoms with Crippen molar-refractivity contribution in [3.63, 3.8) is 0 Å². The standard InChI is InChI=1S/C16H23N3/c1-11(2)13-4-5-15-14(10-13)16(12(3)18-15)19-8-6-17-7-9-19/h4-5,10-11,17-18H,6-9H2,1-3H3. The third-order valence-corrected chi connectivity index (χ3v) is 4.08. The van der Waals surface area contributed by atoms with Crippen LogP contribution in [0.5, 0.6) is 0 Å². The van der Waals surface area contributed by atoms with E-state index in [9.17, 15) is 0 Å². The van der Waals surface area contributed by atoms with E-state index in [0.717, 1.165) is 26.2 Å². The van der Waals surface area contributed by atoms with Gasteiger partial charge in [-0.3, -0.25) is 0 Å². The highest BCUT2D eigenvalue weighted by Gasteiger charge is 2.18. The number of benzene rings is 1. The van der Waals surface area contributed by atoms with Gasteiger partial charge in [0.1, 0.15) is 0 Å². The third-order valence-electron chi connectivity index (χ3n) is 4.08. The summed E-state index contributed by atoms with van der Waals surface area (Å²) in [6.45, 7) is 11.0. The number of nitrogens with zero attached hydrogens (tertiary/aromatic N) is 1. The van der Waals surface area contributed by atoms with E-state index in [0.29, 0.717) is 5.92 Å². The Kier molecular flexibility index (Phi) is 3.23. The highest BCUT2D eigenvalue weighted by molar-refractivity contribution is 5.95. The van der Waals surface area contributed by atoms with Crippen molar-refractivity contribution in [1.29, 1.82) is 0 Å². The van der Waals surface area contributed by atoms with Gasteiger partial charge in [-0.2, -0.15) is 0 Å². The van der Waals surface area contributed by atoms with Crippen LogP contribution in [-0.2, 0) is 0 Å².